The average molecular weight is 235 g/mol. The molecule has 0 aliphatic heterocycles. The second kappa shape index (κ2) is 7.28. The van der Waals surface area contributed by atoms with Gasteiger partial charge in [-0.25, -0.2) is 4.98 Å². The van der Waals surface area contributed by atoms with Gasteiger partial charge in [-0.3, -0.25) is 0 Å². The van der Waals surface area contributed by atoms with E-state index >= 15 is 0 Å². The van der Waals surface area contributed by atoms with E-state index in [2.05, 4.69) is 37.1 Å². The Labute approximate surface area is 105 Å². The van der Waals surface area contributed by atoms with Gasteiger partial charge in [-0.2, -0.15) is 0 Å². The Morgan fingerprint density at radius 2 is 2.12 bits per heavy atom. The number of anilines is 1. The van der Waals surface area contributed by atoms with Crippen LogP contribution in [0, 0.1) is 5.92 Å². The predicted molar refractivity (Wildman–Crippen MR) is 73.9 cm³/mol. The molecule has 0 aliphatic carbocycles. The Balaban J connectivity index is 2.53. The van der Waals surface area contributed by atoms with Gasteiger partial charge >= 0.3 is 0 Å². The lowest BCUT2D eigenvalue weighted by Gasteiger charge is -2.19. The molecule has 3 nitrogen and oxygen atoms in total. The second-order valence-corrected chi connectivity index (χ2v) is 5.02. The highest BCUT2D eigenvalue weighted by atomic mass is 14.9. The van der Waals surface area contributed by atoms with Crippen molar-refractivity contribution in [1.82, 2.24) is 10.3 Å². The average Bonchev–Trinajstić information content (AvgIpc) is 2.26. The number of aromatic nitrogens is 1. The highest BCUT2D eigenvalue weighted by Crippen LogP contribution is 2.12. The number of likely N-dealkylation sites (N-methyl/N-ethyl adjacent to an activating group) is 1. The van der Waals surface area contributed by atoms with Crippen LogP contribution in [0.25, 0.3) is 0 Å². The molecular weight excluding hydrogens is 210 g/mol. The van der Waals surface area contributed by atoms with E-state index in [0.717, 1.165) is 18.9 Å². The molecule has 0 spiro atoms. The molecule has 96 valence electrons. The topological polar surface area (TPSA) is 50.9 Å². The summed E-state index contributed by atoms with van der Waals surface area (Å²) in [6, 6.07) is 4.57. The molecule has 0 saturated heterocycles. The summed E-state index contributed by atoms with van der Waals surface area (Å²) in [4.78, 5) is 4.02. The Morgan fingerprint density at radius 3 is 2.71 bits per heavy atom. The SMILES string of the molecule is CCNC(CCC(C)C)Cc1ccnc(N)c1. The fraction of sp³-hybridized carbons (Fsp3) is 0.643. The van der Waals surface area contributed by atoms with Crippen molar-refractivity contribution in [2.75, 3.05) is 12.3 Å². The van der Waals surface area contributed by atoms with Crippen molar-refractivity contribution >= 4 is 5.82 Å². The smallest absolute Gasteiger partial charge is 0.123 e. The molecule has 0 fully saturated rings. The number of nitrogens with one attached hydrogen (secondary N) is 1. The minimum Gasteiger partial charge on any atom is -0.384 e. The van der Waals surface area contributed by atoms with Crippen molar-refractivity contribution in [2.24, 2.45) is 5.92 Å². The summed E-state index contributed by atoms with van der Waals surface area (Å²) < 4.78 is 0. The van der Waals surface area contributed by atoms with Gasteiger partial charge in [-0.1, -0.05) is 20.8 Å². The summed E-state index contributed by atoms with van der Waals surface area (Å²) in [5.74, 6) is 1.38. The molecule has 1 atom stereocenters. The summed E-state index contributed by atoms with van der Waals surface area (Å²) in [6.45, 7) is 7.72. The highest BCUT2D eigenvalue weighted by Gasteiger charge is 2.09. The van der Waals surface area contributed by atoms with Crippen LogP contribution in [-0.4, -0.2) is 17.6 Å². The quantitative estimate of drug-likeness (QED) is 0.764. The minimum atomic E-state index is 0.546. The molecule has 1 aromatic rings. The zero-order chi connectivity index (χ0) is 12.7. The van der Waals surface area contributed by atoms with E-state index in [1.807, 2.05) is 6.07 Å². The molecule has 0 saturated carbocycles. The van der Waals surface area contributed by atoms with Crippen molar-refractivity contribution in [3.05, 3.63) is 23.9 Å². The first-order chi connectivity index (χ1) is 8.11. The molecule has 17 heavy (non-hydrogen) atoms. The van der Waals surface area contributed by atoms with Crippen LogP contribution in [0.1, 0.15) is 39.2 Å². The van der Waals surface area contributed by atoms with Crippen LogP contribution in [0.3, 0.4) is 0 Å². The summed E-state index contributed by atoms with van der Waals surface area (Å²) in [6.07, 6.45) is 5.30. The Kier molecular flexibility index (Phi) is 5.98. The maximum Gasteiger partial charge on any atom is 0.123 e. The number of pyridine rings is 1. The number of hydrogen-bond donors (Lipinski definition) is 2. The van der Waals surface area contributed by atoms with Gasteiger partial charge in [0.25, 0.3) is 0 Å². The molecule has 0 aromatic carbocycles. The van der Waals surface area contributed by atoms with E-state index in [1.165, 1.54) is 18.4 Å². The molecule has 3 heteroatoms. The van der Waals surface area contributed by atoms with Crippen LogP contribution in [0.2, 0.25) is 0 Å². The van der Waals surface area contributed by atoms with Gasteiger partial charge in [0.1, 0.15) is 5.82 Å². The minimum absolute atomic E-state index is 0.546. The first-order valence-corrected chi connectivity index (χ1v) is 6.55. The lowest BCUT2D eigenvalue weighted by atomic mass is 9.98. The molecule has 3 N–H and O–H groups in total. The van der Waals surface area contributed by atoms with Crippen molar-refractivity contribution in [3.63, 3.8) is 0 Å². The first-order valence-electron chi connectivity index (χ1n) is 6.55. The molecule has 1 heterocycles. The van der Waals surface area contributed by atoms with Gasteiger partial charge in [0, 0.05) is 12.2 Å². The maximum absolute atomic E-state index is 5.70. The fourth-order valence-corrected chi connectivity index (χ4v) is 2.01. The van der Waals surface area contributed by atoms with Crippen LogP contribution in [0.5, 0.6) is 0 Å². The van der Waals surface area contributed by atoms with Crippen molar-refractivity contribution in [2.45, 2.75) is 46.1 Å². The zero-order valence-electron chi connectivity index (χ0n) is 11.2. The van der Waals surface area contributed by atoms with Gasteiger partial charge in [0.2, 0.25) is 0 Å². The van der Waals surface area contributed by atoms with E-state index in [1.54, 1.807) is 6.20 Å². The fourth-order valence-electron chi connectivity index (χ4n) is 2.01. The molecule has 0 aliphatic rings. The van der Waals surface area contributed by atoms with Crippen LogP contribution in [0.15, 0.2) is 18.3 Å². The van der Waals surface area contributed by atoms with Crippen LogP contribution in [-0.2, 0) is 6.42 Å². The summed E-state index contributed by atoms with van der Waals surface area (Å²) in [7, 11) is 0. The lowest BCUT2D eigenvalue weighted by Crippen LogP contribution is -2.31. The summed E-state index contributed by atoms with van der Waals surface area (Å²) in [5, 5.41) is 3.54. The Hall–Kier alpha value is -1.09. The molecular formula is C14H25N3. The van der Waals surface area contributed by atoms with Gasteiger partial charge < -0.3 is 11.1 Å². The molecule has 0 amide bonds. The van der Waals surface area contributed by atoms with Crippen molar-refractivity contribution in [3.8, 4) is 0 Å². The zero-order valence-corrected chi connectivity index (χ0v) is 11.2. The molecule has 1 unspecified atom stereocenters. The van der Waals surface area contributed by atoms with E-state index in [4.69, 9.17) is 5.73 Å². The normalized spacial score (nSPS) is 12.9. The summed E-state index contributed by atoms with van der Waals surface area (Å²) in [5.41, 5.74) is 6.97. The maximum atomic E-state index is 5.70. The number of rotatable bonds is 7. The number of nitrogens with two attached hydrogens (primary N) is 1. The number of nitrogens with zero attached hydrogens (tertiary/aromatic N) is 1. The van der Waals surface area contributed by atoms with Gasteiger partial charge in [-0.15, -0.1) is 0 Å². The Bertz CT molecular complexity index is 323. The first kappa shape index (κ1) is 14.0. The van der Waals surface area contributed by atoms with E-state index in [-0.39, 0.29) is 0 Å². The van der Waals surface area contributed by atoms with Crippen molar-refractivity contribution < 1.29 is 0 Å². The molecule has 1 aromatic heterocycles. The third-order valence-electron chi connectivity index (χ3n) is 2.91. The van der Waals surface area contributed by atoms with E-state index < -0.39 is 0 Å². The summed E-state index contributed by atoms with van der Waals surface area (Å²) >= 11 is 0. The van der Waals surface area contributed by atoms with Gasteiger partial charge in [0.05, 0.1) is 0 Å². The second-order valence-electron chi connectivity index (χ2n) is 5.02. The molecule has 0 radical (unpaired) electrons. The third-order valence-corrected chi connectivity index (χ3v) is 2.91. The van der Waals surface area contributed by atoms with Gasteiger partial charge in [-0.05, 0) is 49.4 Å². The highest BCUT2D eigenvalue weighted by molar-refractivity contribution is 5.32. The van der Waals surface area contributed by atoms with Crippen LogP contribution < -0.4 is 11.1 Å². The molecule has 1 rings (SSSR count). The monoisotopic (exact) mass is 235 g/mol. The largest absolute Gasteiger partial charge is 0.384 e. The van der Waals surface area contributed by atoms with Crippen LogP contribution in [0.4, 0.5) is 5.82 Å². The van der Waals surface area contributed by atoms with Crippen molar-refractivity contribution in [1.29, 1.82) is 0 Å². The standard InChI is InChI=1S/C14H25N3/c1-4-16-13(6-5-11(2)3)9-12-7-8-17-14(15)10-12/h7-8,10-11,13,16H,4-6,9H2,1-3H3,(H2,15,17). The predicted octanol–water partition coefficient (Wildman–Crippen LogP) is 2.62. The third kappa shape index (κ3) is 5.68. The van der Waals surface area contributed by atoms with E-state index in [9.17, 15) is 0 Å². The number of nitrogen functional groups attached to an aromatic ring is 1. The number of hydrogen-bond acceptors (Lipinski definition) is 3. The molecule has 0 bridgehead atoms. The Morgan fingerprint density at radius 1 is 1.35 bits per heavy atom. The van der Waals surface area contributed by atoms with Crippen LogP contribution >= 0.6 is 0 Å². The van der Waals surface area contributed by atoms with E-state index in [0.29, 0.717) is 11.9 Å². The van der Waals surface area contributed by atoms with Gasteiger partial charge in [0.15, 0.2) is 0 Å². The lowest BCUT2D eigenvalue weighted by molar-refractivity contribution is 0.434.